The molecule has 0 radical (unpaired) electrons. The SMILES string of the molecule is O=S(=O)(c1ccc(Cl)nc1Cl)N(Cc1ccco1)c1ccc(F)cc1. The predicted molar refractivity (Wildman–Crippen MR) is 92.7 cm³/mol. The Balaban J connectivity index is 2.10. The molecule has 0 saturated carbocycles. The summed E-state index contributed by atoms with van der Waals surface area (Å²) in [5, 5.41) is -0.178. The third-order valence-electron chi connectivity index (χ3n) is 3.34. The monoisotopic (exact) mass is 400 g/mol. The van der Waals surface area contributed by atoms with Crippen LogP contribution in [-0.2, 0) is 16.6 Å². The molecule has 2 aromatic heterocycles. The molecule has 0 saturated heterocycles. The number of pyridine rings is 1. The highest BCUT2D eigenvalue weighted by Gasteiger charge is 2.29. The summed E-state index contributed by atoms with van der Waals surface area (Å²) < 4.78 is 45.7. The van der Waals surface area contributed by atoms with Crippen molar-refractivity contribution in [3.63, 3.8) is 0 Å². The largest absolute Gasteiger partial charge is 0.467 e. The smallest absolute Gasteiger partial charge is 0.267 e. The van der Waals surface area contributed by atoms with Crippen molar-refractivity contribution in [2.45, 2.75) is 11.4 Å². The van der Waals surface area contributed by atoms with Crippen LogP contribution in [0.25, 0.3) is 0 Å². The van der Waals surface area contributed by atoms with Crippen molar-refractivity contribution in [1.29, 1.82) is 0 Å². The minimum absolute atomic E-state index is 0.0725. The fourth-order valence-corrected chi connectivity index (χ4v) is 4.25. The average Bonchev–Trinajstić information content (AvgIpc) is 3.06. The molecule has 9 heteroatoms. The van der Waals surface area contributed by atoms with E-state index >= 15 is 0 Å². The van der Waals surface area contributed by atoms with Crippen LogP contribution in [0.2, 0.25) is 10.3 Å². The third-order valence-corrected chi connectivity index (χ3v) is 5.76. The quantitative estimate of drug-likeness (QED) is 0.590. The molecular weight excluding hydrogens is 390 g/mol. The Morgan fingerprint density at radius 1 is 1.08 bits per heavy atom. The number of anilines is 1. The fraction of sp³-hybridized carbons (Fsp3) is 0.0625. The second-order valence-electron chi connectivity index (χ2n) is 4.99. The topological polar surface area (TPSA) is 63.4 Å². The van der Waals surface area contributed by atoms with E-state index in [0.717, 1.165) is 4.31 Å². The van der Waals surface area contributed by atoms with Gasteiger partial charge in [-0.3, -0.25) is 4.31 Å². The van der Waals surface area contributed by atoms with Gasteiger partial charge >= 0.3 is 0 Å². The van der Waals surface area contributed by atoms with Gasteiger partial charge in [-0.1, -0.05) is 23.2 Å². The van der Waals surface area contributed by atoms with Crippen molar-refractivity contribution < 1.29 is 17.2 Å². The van der Waals surface area contributed by atoms with Crippen molar-refractivity contribution in [2.24, 2.45) is 0 Å². The van der Waals surface area contributed by atoms with Gasteiger partial charge in [0.1, 0.15) is 21.6 Å². The molecule has 0 spiro atoms. The normalized spacial score (nSPS) is 11.5. The van der Waals surface area contributed by atoms with Crippen molar-refractivity contribution in [3.8, 4) is 0 Å². The zero-order valence-corrected chi connectivity index (χ0v) is 14.9. The van der Waals surface area contributed by atoms with E-state index < -0.39 is 15.8 Å². The number of nitrogens with zero attached hydrogens (tertiary/aromatic N) is 2. The first-order valence-electron chi connectivity index (χ1n) is 7.00. The molecule has 130 valence electrons. The lowest BCUT2D eigenvalue weighted by atomic mass is 10.3. The summed E-state index contributed by atoms with van der Waals surface area (Å²) in [6.45, 7) is -0.0973. The Morgan fingerprint density at radius 3 is 2.40 bits per heavy atom. The fourth-order valence-electron chi connectivity index (χ4n) is 2.18. The number of aromatic nitrogens is 1. The highest BCUT2D eigenvalue weighted by atomic mass is 35.5. The zero-order valence-electron chi connectivity index (χ0n) is 12.6. The molecular formula is C16H11Cl2FN2O3S. The van der Waals surface area contributed by atoms with Gasteiger partial charge in [-0.15, -0.1) is 0 Å². The lowest BCUT2D eigenvalue weighted by molar-refractivity contribution is 0.508. The second kappa shape index (κ2) is 7.03. The number of benzene rings is 1. The van der Waals surface area contributed by atoms with Gasteiger partial charge < -0.3 is 4.42 Å². The summed E-state index contributed by atoms with van der Waals surface area (Å²) in [7, 11) is -4.09. The Kier molecular flexibility index (Phi) is 4.99. The molecule has 0 fully saturated rings. The molecule has 0 aliphatic carbocycles. The highest BCUT2D eigenvalue weighted by molar-refractivity contribution is 7.93. The summed E-state index contributed by atoms with van der Waals surface area (Å²) in [4.78, 5) is 3.56. The number of halogens is 3. The van der Waals surface area contributed by atoms with Crippen LogP contribution in [0.1, 0.15) is 5.76 Å². The lowest BCUT2D eigenvalue weighted by Crippen LogP contribution is -2.30. The van der Waals surface area contributed by atoms with Crippen LogP contribution in [0.4, 0.5) is 10.1 Å². The van der Waals surface area contributed by atoms with E-state index in [9.17, 15) is 12.8 Å². The molecule has 1 aromatic carbocycles. The average molecular weight is 401 g/mol. The molecule has 3 aromatic rings. The van der Waals surface area contributed by atoms with Gasteiger partial charge in [-0.05, 0) is 48.5 Å². The Bertz CT molecular complexity index is 977. The van der Waals surface area contributed by atoms with E-state index in [1.807, 2.05) is 0 Å². The molecule has 0 aliphatic heterocycles. The zero-order chi connectivity index (χ0) is 18.0. The molecule has 0 N–H and O–H groups in total. The summed E-state index contributed by atoms with van der Waals surface area (Å²) in [5.41, 5.74) is 0.254. The van der Waals surface area contributed by atoms with Gasteiger partial charge in [0, 0.05) is 0 Å². The molecule has 5 nitrogen and oxygen atoms in total. The Morgan fingerprint density at radius 2 is 1.80 bits per heavy atom. The minimum Gasteiger partial charge on any atom is -0.467 e. The molecule has 0 bridgehead atoms. The first-order chi connectivity index (χ1) is 11.9. The number of furan rings is 1. The van der Waals surface area contributed by atoms with E-state index in [4.69, 9.17) is 27.6 Å². The first kappa shape index (κ1) is 17.7. The van der Waals surface area contributed by atoms with Gasteiger partial charge in [-0.2, -0.15) is 0 Å². The lowest BCUT2D eigenvalue weighted by Gasteiger charge is -2.24. The second-order valence-corrected chi connectivity index (χ2v) is 7.57. The summed E-state index contributed by atoms with van der Waals surface area (Å²) in [5.74, 6) is -0.0729. The van der Waals surface area contributed by atoms with Crippen LogP contribution in [-0.4, -0.2) is 13.4 Å². The molecule has 2 heterocycles. The summed E-state index contributed by atoms with van der Waals surface area (Å²) in [6, 6.07) is 10.9. The van der Waals surface area contributed by atoms with E-state index in [2.05, 4.69) is 4.98 Å². The third kappa shape index (κ3) is 3.78. The summed E-state index contributed by atoms with van der Waals surface area (Å²) in [6.07, 6.45) is 1.43. The minimum atomic E-state index is -4.09. The molecule has 25 heavy (non-hydrogen) atoms. The van der Waals surface area contributed by atoms with Crippen LogP contribution in [0, 0.1) is 5.82 Å². The van der Waals surface area contributed by atoms with Gasteiger partial charge in [-0.25, -0.2) is 17.8 Å². The van der Waals surface area contributed by atoms with Crippen molar-refractivity contribution in [2.75, 3.05) is 4.31 Å². The van der Waals surface area contributed by atoms with E-state index in [0.29, 0.717) is 5.76 Å². The Labute approximate surface area is 153 Å². The van der Waals surface area contributed by atoms with Crippen LogP contribution < -0.4 is 4.31 Å². The van der Waals surface area contributed by atoms with Crippen LogP contribution >= 0.6 is 23.2 Å². The maximum absolute atomic E-state index is 13.2. The highest BCUT2D eigenvalue weighted by Crippen LogP contribution is 2.30. The van der Waals surface area contributed by atoms with Crippen molar-refractivity contribution >= 4 is 38.9 Å². The van der Waals surface area contributed by atoms with Gasteiger partial charge in [0.25, 0.3) is 10.0 Å². The van der Waals surface area contributed by atoms with Crippen LogP contribution in [0.3, 0.4) is 0 Å². The maximum atomic E-state index is 13.2. The van der Waals surface area contributed by atoms with Crippen molar-refractivity contribution in [1.82, 2.24) is 4.98 Å². The van der Waals surface area contributed by atoms with Gasteiger partial charge in [0.2, 0.25) is 0 Å². The number of rotatable bonds is 5. The predicted octanol–water partition coefficient (Wildman–Crippen LogP) is 4.52. The molecule has 0 amide bonds. The van der Waals surface area contributed by atoms with Gasteiger partial charge in [0.05, 0.1) is 18.5 Å². The number of hydrogen-bond acceptors (Lipinski definition) is 4. The Hall–Kier alpha value is -2.09. The molecule has 0 aliphatic rings. The van der Waals surface area contributed by atoms with E-state index in [-0.39, 0.29) is 27.4 Å². The molecule has 0 atom stereocenters. The van der Waals surface area contributed by atoms with Crippen molar-refractivity contribution in [3.05, 3.63) is 76.7 Å². The van der Waals surface area contributed by atoms with E-state index in [1.165, 1.54) is 42.7 Å². The van der Waals surface area contributed by atoms with Crippen LogP contribution in [0.5, 0.6) is 0 Å². The summed E-state index contributed by atoms with van der Waals surface area (Å²) >= 11 is 11.7. The number of hydrogen-bond donors (Lipinski definition) is 0. The molecule has 3 rings (SSSR count). The van der Waals surface area contributed by atoms with Gasteiger partial charge in [0.15, 0.2) is 5.15 Å². The first-order valence-corrected chi connectivity index (χ1v) is 9.20. The molecule has 0 unspecified atom stereocenters. The van der Waals surface area contributed by atoms with E-state index in [1.54, 1.807) is 12.1 Å². The standard InChI is InChI=1S/C16H11Cl2FN2O3S/c17-15-8-7-14(16(18)20-15)25(22,23)21(10-13-2-1-9-24-13)12-5-3-11(19)4-6-12/h1-9H,10H2. The number of sulfonamides is 1. The van der Waals surface area contributed by atoms with Crippen LogP contribution in [0.15, 0.2) is 64.1 Å². The maximum Gasteiger partial charge on any atom is 0.267 e.